The van der Waals surface area contributed by atoms with E-state index >= 15 is 0 Å². The Labute approximate surface area is 125 Å². The molecular weight excluding hydrogens is 268 g/mol. The third-order valence-corrected chi connectivity index (χ3v) is 4.11. The molecule has 2 saturated heterocycles. The van der Waals surface area contributed by atoms with E-state index in [1.807, 2.05) is 24.3 Å². The Balaban J connectivity index is 1.46. The highest BCUT2D eigenvalue weighted by molar-refractivity contribution is 5.84. The van der Waals surface area contributed by atoms with Gasteiger partial charge in [-0.1, -0.05) is 18.2 Å². The van der Waals surface area contributed by atoms with Crippen LogP contribution >= 0.6 is 0 Å². The van der Waals surface area contributed by atoms with E-state index in [1.165, 1.54) is 0 Å². The molecule has 2 heterocycles. The molecule has 5 nitrogen and oxygen atoms in total. The summed E-state index contributed by atoms with van der Waals surface area (Å²) in [6.45, 7) is 3.03. The molecule has 2 aliphatic rings. The van der Waals surface area contributed by atoms with E-state index in [0.29, 0.717) is 6.54 Å². The molecule has 3 unspecified atom stereocenters. The van der Waals surface area contributed by atoms with Crippen molar-refractivity contribution in [1.29, 1.82) is 0 Å². The SMILES string of the molecule is COc1ccccc1CN1CC1C(=O)NCC1CCCO1. The van der Waals surface area contributed by atoms with Crippen LogP contribution in [0.15, 0.2) is 24.3 Å². The van der Waals surface area contributed by atoms with Crippen LogP contribution in [-0.2, 0) is 16.1 Å². The number of nitrogens with one attached hydrogen (secondary N) is 1. The highest BCUT2D eigenvalue weighted by Gasteiger charge is 2.40. The second kappa shape index (κ2) is 6.45. The van der Waals surface area contributed by atoms with Gasteiger partial charge in [0.25, 0.3) is 0 Å². The van der Waals surface area contributed by atoms with Crippen LogP contribution < -0.4 is 10.1 Å². The van der Waals surface area contributed by atoms with Crippen molar-refractivity contribution < 1.29 is 14.3 Å². The van der Waals surface area contributed by atoms with Gasteiger partial charge in [0.05, 0.1) is 13.2 Å². The van der Waals surface area contributed by atoms with Gasteiger partial charge >= 0.3 is 0 Å². The molecule has 21 heavy (non-hydrogen) atoms. The molecule has 0 spiro atoms. The van der Waals surface area contributed by atoms with Crippen molar-refractivity contribution in [2.24, 2.45) is 0 Å². The van der Waals surface area contributed by atoms with Crippen molar-refractivity contribution in [2.45, 2.75) is 31.5 Å². The summed E-state index contributed by atoms with van der Waals surface area (Å²) < 4.78 is 10.9. The summed E-state index contributed by atoms with van der Waals surface area (Å²) in [5.41, 5.74) is 1.12. The van der Waals surface area contributed by atoms with Gasteiger partial charge in [-0.15, -0.1) is 0 Å². The number of amides is 1. The smallest absolute Gasteiger partial charge is 0.238 e. The maximum atomic E-state index is 12.1. The molecule has 3 rings (SSSR count). The minimum Gasteiger partial charge on any atom is -0.496 e. The van der Waals surface area contributed by atoms with Crippen LogP contribution in [0.4, 0.5) is 0 Å². The Hall–Kier alpha value is -1.59. The minimum absolute atomic E-state index is 0.00341. The predicted molar refractivity (Wildman–Crippen MR) is 79.2 cm³/mol. The number of carbonyl (C=O) groups is 1. The zero-order valence-electron chi connectivity index (χ0n) is 12.4. The first-order valence-corrected chi connectivity index (χ1v) is 7.53. The number of rotatable bonds is 6. The Morgan fingerprint density at radius 2 is 2.33 bits per heavy atom. The first-order chi connectivity index (χ1) is 10.3. The summed E-state index contributed by atoms with van der Waals surface area (Å²) in [7, 11) is 1.67. The largest absolute Gasteiger partial charge is 0.496 e. The van der Waals surface area contributed by atoms with Gasteiger partial charge in [0.1, 0.15) is 11.8 Å². The van der Waals surface area contributed by atoms with Crippen LogP contribution in [-0.4, -0.2) is 49.8 Å². The molecule has 114 valence electrons. The summed E-state index contributed by atoms with van der Waals surface area (Å²) in [6.07, 6.45) is 2.36. The number of ether oxygens (including phenoxy) is 2. The standard InChI is InChI=1S/C16H22N2O3/c1-20-15-7-3-2-5-12(15)10-18-11-14(18)16(19)17-9-13-6-4-8-21-13/h2-3,5,7,13-14H,4,6,8-11H2,1H3,(H,17,19). The Kier molecular flexibility index (Phi) is 4.41. The van der Waals surface area contributed by atoms with E-state index in [2.05, 4.69) is 10.2 Å². The third kappa shape index (κ3) is 3.54. The predicted octanol–water partition coefficient (Wildman–Crippen LogP) is 1.17. The summed E-state index contributed by atoms with van der Waals surface area (Å²) in [5.74, 6) is 0.989. The molecule has 2 fully saturated rings. The zero-order valence-corrected chi connectivity index (χ0v) is 12.4. The number of hydrogen-bond acceptors (Lipinski definition) is 4. The number of methoxy groups -OCH3 is 1. The van der Waals surface area contributed by atoms with Gasteiger partial charge in [-0.2, -0.15) is 0 Å². The summed E-state index contributed by atoms with van der Waals surface area (Å²) >= 11 is 0. The molecule has 1 N–H and O–H groups in total. The van der Waals surface area contributed by atoms with Crippen LogP contribution in [0.1, 0.15) is 18.4 Å². The lowest BCUT2D eigenvalue weighted by Crippen LogP contribution is -2.35. The molecule has 0 saturated carbocycles. The Bertz CT molecular complexity index is 500. The molecule has 0 aromatic heterocycles. The number of hydrogen-bond donors (Lipinski definition) is 1. The van der Waals surface area contributed by atoms with Crippen LogP contribution in [0.25, 0.3) is 0 Å². The average molecular weight is 290 g/mol. The highest BCUT2D eigenvalue weighted by atomic mass is 16.5. The third-order valence-electron chi connectivity index (χ3n) is 4.11. The fraction of sp³-hybridized carbons (Fsp3) is 0.562. The van der Waals surface area contributed by atoms with Crippen molar-refractivity contribution in [3.8, 4) is 5.75 Å². The van der Waals surface area contributed by atoms with Crippen LogP contribution in [0.3, 0.4) is 0 Å². The summed E-state index contributed by atoms with van der Waals surface area (Å²) in [5, 5.41) is 2.99. The van der Waals surface area contributed by atoms with E-state index in [9.17, 15) is 4.79 Å². The minimum atomic E-state index is -0.00341. The first-order valence-electron chi connectivity index (χ1n) is 7.53. The van der Waals surface area contributed by atoms with Crippen molar-refractivity contribution in [2.75, 3.05) is 26.8 Å². The molecule has 2 aliphatic heterocycles. The number of para-hydroxylation sites is 1. The molecule has 1 amide bonds. The van der Waals surface area contributed by atoms with E-state index in [4.69, 9.17) is 9.47 Å². The highest BCUT2D eigenvalue weighted by Crippen LogP contribution is 2.26. The van der Waals surface area contributed by atoms with Gasteiger partial charge in [-0.25, -0.2) is 0 Å². The number of carbonyl (C=O) groups excluding carboxylic acids is 1. The van der Waals surface area contributed by atoms with Gasteiger partial charge in [-0.05, 0) is 18.9 Å². The maximum absolute atomic E-state index is 12.1. The van der Waals surface area contributed by atoms with Crippen molar-refractivity contribution in [1.82, 2.24) is 10.2 Å². The van der Waals surface area contributed by atoms with Crippen molar-refractivity contribution in [3.05, 3.63) is 29.8 Å². The Morgan fingerprint density at radius 1 is 1.48 bits per heavy atom. The lowest BCUT2D eigenvalue weighted by molar-refractivity contribution is -0.121. The molecule has 3 atom stereocenters. The first kappa shape index (κ1) is 14.4. The van der Waals surface area contributed by atoms with Gasteiger partial charge in [0.2, 0.25) is 5.91 Å². The Morgan fingerprint density at radius 3 is 3.10 bits per heavy atom. The van der Waals surface area contributed by atoms with Gasteiger partial charge in [-0.3, -0.25) is 9.69 Å². The second-order valence-corrected chi connectivity index (χ2v) is 5.64. The number of nitrogens with zero attached hydrogens (tertiary/aromatic N) is 1. The summed E-state index contributed by atoms with van der Waals surface area (Å²) in [4.78, 5) is 14.2. The second-order valence-electron chi connectivity index (χ2n) is 5.64. The molecule has 1 aromatic rings. The molecule has 0 aliphatic carbocycles. The van der Waals surface area contributed by atoms with E-state index < -0.39 is 0 Å². The van der Waals surface area contributed by atoms with Gasteiger partial charge < -0.3 is 14.8 Å². The topological polar surface area (TPSA) is 50.6 Å². The van der Waals surface area contributed by atoms with Gasteiger partial charge in [0.15, 0.2) is 0 Å². The molecule has 1 aromatic carbocycles. The van der Waals surface area contributed by atoms with Crippen LogP contribution in [0, 0.1) is 0 Å². The maximum Gasteiger partial charge on any atom is 0.238 e. The molecule has 0 bridgehead atoms. The van der Waals surface area contributed by atoms with E-state index in [-0.39, 0.29) is 18.1 Å². The van der Waals surface area contributed by atoms with Crippen LogP contribution in [0.5, 0.6) is 5.75 Å². The zero-order chi connectivity index (χ0) is 14.7. The van der Waals surface area contributed by atoms with Crippen molar-refractivity contribution >= 4 is 5.91 Å². The van der Waals surface area contributed by atoms with E-state index in [0.717, 1.165) is 43.9 Å². The molecule has 5 heteroatoms. The number of benzene rings is 1. The van der Waals surface area contributed by atoms with Crippen LogP contribution in [0.2, 0.25) is 0 Å². The van der Waals surface area contributed by atoms with E-state index in [1.54, 1.807) is 7.11 Å². The van der Waals surface area contributed by atoms with Gasteiger partial charge in [0, 0.05) is 31.8 Å². The fourth-order valence-corrected chi connectivity index (χ4v) is 2.79. The summed E-state index contributed by atoms with van der Waals surface area (Å²) in [6, 6.07) is 7.94. The lowest BCUT2D eigenvalue weighted by Gasteiger charge is -2.11. The fourth-order valence-electron chi connectivity index (χ4n) is 2.79. The monoisotopic (exact) mass is 290 g/mol. The molecule has 0 radical (unpaired) electrons. The molecular formula is C16H22N2O3. The van der Waals surface area contributed by atoms with Crippen molar-refractivity contribution in [3.63, 3.8) is 0 Å². The normalized spacial score (nSPS) is 27.4. The lowest BCUT2D eigenvalue weighted by atomic mass is 10.2. The quantitative estimate of drug-likeness (QED) is 0.799. The average Bonchev–Trinajstić information content (AvgIpc) is 3.08.